The zero-order valence-electron chi connectivity index (χ0n) is 8.28. The lowest BCUT2D eigenvalue weighted by atomic mass is 10.2. The van der Waals surface area contributed by atoms with E-state index in [1.54, 1.807) is 12.1 Å². The zero-order valence-corrected chi connectivity index (χ0v) is 8.28. The van der Waals surface area contributed by atoms with Crippen LogP contribution in [-0.2, 0) is 9.59 Å². The number of carbonyl (C=O) groups excluding carboxylic acids is 2. The average molecular weight is 208 g/mol. The lowest BCUT2D eigenvalue weighted by molar-refractivity contribution is -0.132. The van der Waals surface area contributed by atoms with Crippen LogP contribution in [0.15, 0.2) is 24.3 Å². The Hall–Kier alpha value is -1.88. The molecule has 15 heavy (non-hydrogen) atoms. The molecule has 0 spiro atoms. The first-order valence-electron chi connectivity index (χ1n) is 4.41. The number of anilines is 1. The third kappa shape index (κ3) is 3.78. The van der Waals surface area contributed by atoms with Crippen LogP contribution >= 0.6 is 0 Å². The standard InChI is InChI=1S/C10H12N2O3/c1-7-2-4-8(5-3-7)11-9(13)6-10(14)12-15/h2-5,15H,6H2,1H3,(H,11,13)(H,12,14). The van der Waals surface area contributed by atoms with E-state index < -0.39 is 18.2 Å². The third-order valence-corrected chi connectivity index (χ3v) is 1.78. The van der Waals surface area contributed by atoms with E-state index in [0.29, 0.717) is 5.69 Å². The van der Waals surface area contributed by atoms with Crippen molar-refractivity contribution in [2.45, 2.75) is 13.3 Å². The minimum absolute atomic E-state index is 0.398. The first-order chi connectivity index (χ1) is 7.11. The Morgan fingerprint density at radius 3 is 2.33 bits per heavy atom. The van der Waals surface area contributed by atoms with E-state index in [9.17, 15) is 9.59 Å². The van der Waals surface area contributed by atoms with Gasteiger partial charge in [-0.05, 0) is 19.1 Å². The number of hydrogen-bond acceptors (Lipinski definition) is 3. The van der Waals surface area contributed by atoms with Gasteiger partial charge in [0.25, 0.3) is 5.91 Å². The number of benzene rings is 1. The molecule has 80 valence electrons. The van der Waals surface area contributed by atoms with Gasteiger partial charge in [-0.3, -0.25) is 14.8 Å². The highest BCUT2D eigenvalue weighted by molar-refractivity contribution is 6.03. The number of amides is 2. The molecular weight excluding hydrogens is 196 g/mol. The molecule has 1 aromatic carbocycles. The van der Waals surface area contributed by atoms with Crippen LogP contribution in [0.2, 0.25) is 0 Å². The molecule has 5 heteroatoms. The highest BCUT2D eigenvalue weighted by atomic mass is 16.5. The van der Waals surface area contributed by atoms with Crippen molar-refractivity contribution in [3.63, 3.8) is 0 Å². The van der Waals surface area contributed by atoms with Crippen LogP contribution < -0.4 is 10.8 Å². The minimum Gasteiger partial charge on any atom is -0.326 e. The van der Waals surface area contributed by atoms with E-state index in [2.05, 4.69) is 5.32 Å². The Balaban J connectivity index is 2.51. The normalized spacial score (nSPS) is 9.47. The average Bonchev–Trinajstić information content (AvgIpc) is 2.21. The molecule has 3 N–H and O–H groups in total. The Labute approximate surface area is 87.1 Å². The largest absolute Gasteiger partial charge is 0.326 e. The quantitative estimate of drug-likeness (QED) is 0.391. The Morgan fingerprint density at radius 1 is 1.20 bits per heavy atom. The molecule has 0 unspecified atom stereocenters. The van der Waals surface area contributed by atoms with Crippen molar-refractivity contribution in [3.8, 4) is 0 Å². The molecule has 0 fully saturated rings. The molecule has 0 heterocycles. The fourth-order valence-corrected chi connectivity index (χ4v) is 1.03. The Bertz CT molecular complexity index is 359. The van der Waals surface area contributed by atoms with Crippen molar-refractivity contribution in [2.75, 3.05) is 5.32 Å². The van der Waals surface area contributed by atoms with Gasteiger partial charge in [-0.15, -0.1) is 0 Å². The van der Waals surface area contributed by atoms with E-state index in [1.807, 2.05) is 19.1 Å². The number of hydroxylamine groups is 1. The molecule has 5 nitrogen and oxygen atoms in total. The molecule has 0 aliphatic rings. The number of aryl methyl sites for hydroxylation is 1. The van der Waals surface area contributed by atoms with Crippen LogP contribution in [0.1, 0.15) is 12.0 Å². The van der Waals surface area contributed by atoms with Crippen LogP contribution in [0, 0.1) is 6.92 Å². The fourth-order valence-electron chi connectivity index (χ4n) is 1.03. The van der Waals surface area contributed by atoms with Gasteiger partial charge in [0.1, 0.15) is 6.42 Å². The summed E-state index contributed by atoms with van der Waals surface area (Å²) in [6, 6.07) is 7.18. The van der Waals surface area contributed by atoms with Crippen LogP contribution in [-0.4, -0.2) is 17.0 Å². The summed E-state index contributed by atoms with van der Waals surface area (Å²) in [5.74, 6) is -1.20. The molecule has 1 rings (SSSR count). The molecule has 0 saturated carbocycles. The zero-order chi connectivity index (χ0) is 11.3. The highest BCUT2D eigenvalue weighted by Gasteiger charge is 2.07. The van der Waals surface area contributed by atoms with Crippen LogP contribution in [0.5, 0.6) is 0 Å². The summed E-state index contributed by atoms with van der Waals surface area (Å²) >= 11 is 0. The second-order valence-corrected chi connectivity index (χ2v) is 3.13. The van der Waals surface area contributed by atoms with Gasteiger partial charge in [0.2, 0.25) is 5.91 Å². The summed E-state index contributed by atoms with van der Waals surface area (Å²) in [4.78, 5) is 21.8. The second-order valence-electron chi connectivity index (χ2n) is 3.13. The van der Waals surface area contributed by atoms with Gasteiger partial charge in [0.15, 0.2) is 0 Å². The van der Waals surface area contributed by atoms with Gasteiger partial charge >= 0.3 is 0 Å². The van der Waals surface area contributed by atoms with Crippen molar-refractivity contribution in [2.24, 2.45) is 0 Å². The number of nitrogens with one attached hydrogen (secondary N) is 2. The molecule has 0 aliphatic heterocycles. The van der Waals surface area contributed by atoms with E-state index in [0.717, 1.165) is 5.56 Å². The summed E-state index contributed by atoms with van der Waals surface area (Å²) in [6.45, 7) is 1.94. The van der Waals surface area contributed by atoms with E-state index >= 15 is 0 Å². The van der Waals surface area contributed by atoms with E-state index in [4.69, 9.17) is 5.21 Å². The van der Waals surface area contributed by atoms with Gasteiger partial charge in [-0.2, -0.15) is 0 Å². The fraction of sp³-hybridized carbons (Fsp3) is 0.200. The Kier molecular flexibility index (Phi) is 3.82. The summed E-state index contributed by atoms with van der Waals surface area (Å²) in [5, 5.41) is 10.7. The maximum absolute atomic E-state index is 11.2. The highest BCUT2D eigenvalue weighted by Crippen LogP contribution is 2.08. The molecule has 0 atom stereocenters. The van der Waals surface area contributed by atoms with Crippen LogP contribution in [0.25, 0.3) is 0 Å². The van der Waals surface area contributed by atoms with Crippen molar-refractivity contribution < 1.29 is 14.8 Å². The topological polar surface area (TPSA) is 78.4 Å². The van der Waals surface area contributed by atoms with Crippen LogP contribution in [0.3, 0.4) is 0 Å². The lowest BCUT2D eigenvalue weighted by Crippen LogP contribution is -2.25. The van der Waals surface area contributed by atoms with Gasteiger partial charge in [-0.1, -0.05) is 17.7 Å². The monoisotopic (exact) mass is 208 g/mol. The molecule has 0 saturated heterocycles. The predicted octanol–water partition coefficient (Wildman–Crippen LogP) is 0.829. The smallest absolute Gasteiger partial charge is 0.252 e. The second kappa shape index (κ2) is 5.11. The van der Waals surface area contributed by atoms with Gasteiger partial charge in [0.05, 0.1) is 0 Å². The summed E-state index contributed by atoms with van der Waals surface area (Å²) < 4.78 is 0. The van der Waals surface area contributed by atoms with Crippen LogP contribution in [0.4, 0.5) is 5.69 Å². The van der Waals surface area contributed by atoms with E-state index in [1.165, 1.54) is 5.48 Å². The van der Waals surface area contributed by atoms with Gasteiger partial charge in [0, 0.05) is 5.69 Å². The van der Waals surface area contributed by atoms with Crippen molar-refractivity contribution in [1.82, 2.24) is 5.48 Å². The first kappa shape index (κ1) is 11.2. The molecule has 1 aromatic rings. The third-order valence-electron chi connectivity index (χ3n) is 1.78. The lowest BCUT2D eigenvalue weighted by Gasteiger charge is -2.04. The van der Waals surface area contributed by atoms with Gasteiger partial charge in [-0.25, -0.2) is 5.48 Å². The maximum atomic E-state index is 11.2. The molecule has 0 aromatic heterocycles. The SMILES string of the molecule is Cc1ccc(NC(=O)CC(=O)NO)cc1. The number of carbonyl (C=O) groups is 2. The first-order valence-corrected chi connectivity index (χ1v) is 4.41. The molecular formula is C10H12N2O3. The minimum atomic E-state index is -0.736. The number of hydrogen-bond donors (Lipinski definition) is 3. The Morgan fingerprint density at radius 2 is 1.80 bits per heavy atom. The molecule has 2 amide bonds. The molecule has 0 bridgehead atoms. The van der Waals surface area contributed by atoms with Gasteiger partial charge < -0.3 is 5.32 Å². The van der Waals surface area contributed by atoms with Crippen molar-refractivity contribution >= 4 is 17.5 Å². The summed E-state index contributed by atoms with van der Waals surface area (Å²) in [5.41, 5.74) is 3.10. The molecule has 0 aliphatic carbocycles. The summed E-state index contributed by atoms with van der Waals surface area (Å²) in [6.07, 6.45) is -0.398. The maximum Gasteiger partial charge on any atom is 0.252 e. The van der Waals surface area contributed by atoms with E-state index in [-0.39, 0.29) is 0 Å². The van der Waals surface area contributed by atoms with Crippen molar-refractivity contribution in [3.05, 3.63) is 29.8 Å². The van der Waals surface area contributed by atoms with Crippen molar-refractivity contribution in [1.29, 1.82) is 0 Å². The summed E-state index contributed by atoms with van der Waals surface area (Å²) in [7, 11) is 0. The number of rotatable bonds is 3. The predicted molar refractivity (Wildman–Crippen MR) is 54.4 cm³/mol. The molecule has 0 radical (unpaired) electrons.